The topological polar surface area (TPSA) is 51.8 Å². The molecule has 0 saturated carbocycles. The smallest absolute Gasteiger partial charge is 0.164 e. The van der Waals surface area contributed by atoms with E-state index in [0.29, 0.717) is 17.5 Å². The van der Waals surface area contributed by atoms with Crippen LogP contribution < -0.4 is 0 Å². The Morgan fingerprint density at radius 1 is 0.265 bits per heavy atom. The van der Waals surface area contributed by atoms with Crippen LogP contribution in [0, 0.1) is 0 Å². The molecule has 0 aliphatic carbocycles. The minimum Gasteiger partial charge on any atom is -0.456 e. The summed E-state index contributed by atoms with van der Waals surface area (Å²) in [6.45, 7) is 0. The monoisotopic (exact) mass is 627 g/mol. The molecular weight excluding hydrogens is 599 g/mol. The molecule has 0 N–H and O–H groups in total. The normalized spacial score (nSPS) is 11.3. The number of benzene rings is 7. The van der Waals surface area contributed by atoms with Gasteiger partial charge in [0.15, 0.2) is 17.5 Å². The minimum atomic E-state index is 0.631. The summed E-state index contributed by atoms with van der Waals surface area (Å²) >= 11 is 0. The third-order valence-corrected chi connectivity index (χ3v) is 8.94. The summed E-state index contributed by atoms with van der Waals surface area (Å²) in [5, 5.41) is 2.25. The van der Waals surface area contributed by atoms with Gasteiger partial charge < -0.3 is 4.42 Å². The average Bonchev–Trinajstić information content (AvgIpc) is 3.57. The summed E-state index contributed by atoms with van der Waals surface area (Å²) in [5.41, 5.74) is 11.4. The molecule has 0 radical (unpaired) electrons. The number of fused-ring (bicyclic) bond motifs is 3. The lowest BCUT2D eigenvalue weighted by atomic mass is 9.97. The molecule has 7 aromatic carbocycles. The van der Waals surface area contributed by atoms with Gasteiger partial charge in [-0.1, -0.05) is 146 Å². The second-order valence-electron chi connectivity index (χ2n) is 12.1. The summed E-state index contributed by atoms with van der Waals surface area (Å²) < 4.78 is 6.07. The minimum absolute atomic E-state index is 0.631. The highest BCUT2D eigenvalue weighted by molar-refractivity contribution is 6.06. The van der Waals surface area contributed by atoms with Crippen LogP contribution in [-0.4, -0.2) is 15.0 Å². The van der Waals surface area contributed by atoms with Gasteiger partial charge in [-0.15, -0.1) is 0 Å². The maximum atomic E-state index is 6.07. The molecular formula is C45H29N3O. The van der Waals surface area contributed by atoms with E-state index in [1.54, 1.807) is 0 Å². The fourth-order valence-corrected chi connectivity index (χ4v) is 6.41. The Balaban J connectivity index is 1.10. The molecule has 230 valence electrons. The molecule has 0 fully saturated rings. The third-order valence-electron chi connectivity index (χ3n) is 8.94. The van der Waals surface area contributed by atoms with Gasteiger partial charge in [-0.3, -0.25) is 0 Å². The molecule has 0 amide bonds. The maximum absolute atomic E-state index is 6.07. The van der Waals surface area contributed by atoms with E-state index in [4.69, 9.17) is 19.4 Å². The van der Waals surface area contributed by atoms with Crippen LogP contribution in [0.15, 0.2) is 180 Å². The Hall–Kier alpha value is -6.65. The van der Waals surface area contributed by atoms with Crippen molar-refractivity contribution in [3.05, 3.63) is 176 Å². The van der Waals surface area contributed by atoms with Gasteiger partial charge >= 0.3 is 0 Å². The predicted octanol–water partition coefficient (Wildman–Crippen LogP) is 11.8. The Kier molecular flexibility index (Phi) is 7.10. The van der Waals surface area contributed by atoms with E-state index in [1.807, 2.05) is 48.5 Å². The first kappa shape index (κ1) is 28.6. The molecule has 4 heteroatoms. The molecule has 0 saturated heterocycles. The van der Waals surface area contributed by atoms with Crippen molar-refractivity contribution in [3.63, 3.8) is 0 Å². The van der Waals surface area contributed by atoms with Crippen molar-refractivity contribution in [3.8, 4) is 67.5 Å². The molecule has 0 aliphatic heterocycles. The van der Waals surface area contributed by atoms with E-state index in [1.165, 1.54) is 5.56 Å². The molecule has 4 nitrogen and oxygen atoms in total. The van der Waals surface area contributed by atoms with Gasteiger partial charge in [-0.2, -0.15) is 0 Å². The SMILES string of the molecule is c1ccc(-c2ccc(-c3nc(-c4ccccc4)nc(-c4cccc(-c5cccc(-c6ccc7oc8ccccc8c7c6)c5)c4)n3)cc2)cc1. The number of hydrogen-bond donors (Lipinski definition) is 0. The van der Waals surface area contributed by atoms with Gasteiger partial charge in [0.25, 0.3) is 0 Å². The molecule has 9 aromatic rings. The van der Waals surface area contributed by atoms with Crippen LogP contribution in [0.25, 0.3) is 89.5 Å². The number of para-hydroxylation sites is 1. The highest BCUT2D eigenvalue weighted by Gasteiger charge is 2.14. The predicted molar refractivity (Wildman–Crippen MR) is 200 cm³/mol. The van der Waals surface area contributed by atoms with E-state index in [-0.39, 0.29) is 0 Å². The summed E-state index contributed by atoms with van der Waals surface area (Å²) in [4.78, 5) is 14.9. The highest BCUT2D eigenvalue weighted by atomic mass is 16.3. The Morgan fingerprint density at radius 2 is 0.673 bits per heavy atom. The second-order valence-corrected chi connectivity index (χ2v) is 12.1. The molecule has 0 unspecified atom stereocenters. The van der Waals surface area contributed by atoms with E-state index in [0.717, 1.165) is 66.4 Å². The number of furan rings is 1. The largest absolute Gasteiger partial charge is 0.456 e. The van der Waals surface area contributed by atoms with Crippen molar-refractivity contribution >= 4 is 21.9 Å². The third kappa shape index (κ3) is 5.56. The van der Waals surface area contributed by atoms with Crippen molar-refractivity contribution in [1.29, 1.82) is 0 Å². The number of aromatic nitrogens is 3. The zero-order valence-electron chi connectivity index (χ0n) is 26.5. The van der Waals surface area contributed by atoms with Crippen molar-refractivity contribution in [2.24, 2.45) is 0 Å². The summed E-state index contributed by atoms with van der Waals surface area (Å²) in [6.07, 6.45) is 0. The summed E-state index contributed by atoms with van der Waals surface area (Å²) in [6, 6.07) is 60.6. The quantitative estimate of drug-likeness (QED) is 0.184. The van der Waals surface area contributed by atoms with Crippen molar-refractivity contribution in [1.82, 2.24) is 15.0 Å². The maximum Gasteiger partial charge on any atom is 0.164 e. The Morgan fingerprint density at radius 3 is 1.35 bits per heavy atom. The van der Waals surface area contributed by atoms with Crippen LogP contribution in [0.3, 0.4) is 0 Å². The standard InChI is InChI=1S/C45H29N3O/c1-3-11-30(12-4-1)31-21-23-33(24-22-31)44-46-43(32-13-5-2-6-14-32)47-45(48-44)38-18-10-17-36(28-38)34-15-9-16-35(27-34)37-25-26-42-40(29-37)39-19-7-8-20-41(39)49-42/h1-29H. The first-order chi connectivity index (χ1) is 24.2. The van der Waals surface area contributed by atoms with Crippen LogP contribution in [-0.2, 0) is 0 Å². The molecule has 49 heavy (non-hydrogen) atoms. The summed E-state index contributed by atoms with van der Waals surface area (Å²) in [7, 11) is 0. The van der Waals surface area contributed by atoms with Gasteiger partial charge in [0.1, 0.15) is 11.2 Å². The van der Waals surface area contributed by atoms with Gasteiger partial charge in [0, 0.05) is 27.5 Å². The first-order valence-corrected chi connectivity index (χ1v) is 16.4. The van der Waals surface area contributed by atoms with Crippen molar-refractivity contribution in [2.75, 3.05) is 0 Å². The Labute approximate surface area is 284 Å². The van der Waals surface area contributed by atoms with Crippen LogP contribution in [0.4, 0.5) is 0 Å². The summed E-state index contributed by atoms with van der Waals surface area (Å²) in [5.74, 6) is 1.91. The fraction of sp³-hybridized carbons (Fsp3) is 0. The lowest BCUT2D eigenvalue weighted by Gasteiger charge is -2.11. The van der Waals surface area contributed by atoms with Gasteiger partial charge in [-0.05, 0) is 63.7 Å². The molecule has 2 aromatic heterocycles. The van der Waals surface area contributed by atoms with Crippen LogP contribution in [0.1, 0.15) is 0 Å². The van der Waals surface area contributed by atoms with E-state index in [9.17, 15) is 0 Å². The molecule has 0 spiro atoms. The van der Waals surface area contributed by atoms with Crippen LogP contribution in [0.5, 0.6) is 0 Å². The van der Waals surface area contributed by atoms with E-state index in [2.05, 4.69) is 127 Å². The lowest BCUT2D eigenvalue weighted by molar-refractivity contribution is 0.669. The lowest BCUT2D eigenvalue weighted by Crippen LogP contribution is -2.00. The second kappa shape index (κ2) is 12.2. The van der Waals surface area contributed by atoms with E-state index >= 15 is 0 Å². The van der Waals surface area contributed by atoms with Crippen LogP contribution in [0.2, 0.25) is 0 Å². The van der Waals surface area contributed by atoms with Gasteiger partial charge in [0.2, 0.25) is 0 Å². The zero-order valence-corrected chi connectivity index (χ0v) is 26.5. The van der Waals surface area contributed by atoms with Crippen molar-refractivity contribution in [2.45, 2.75) is 0 Å². The number of rotatable bonds is 6. The zero-order chi connectivity index (χ0) is 32.6. The van der Waals surface area contributed by atoms with Crippen LogP contribution >= 0.6 is 0 Å². The van der Waals surface area contributed by atoms with Crippen molar-refractivity contribution < 1.29 is 4.42 Å². The molecule has 2 heterocycles. The molecule has 0 aliphatic rings. The first-order valence-electron chi connectivity index (χ1n) is 16.4. The van der Waals surface area contributed by atoms with Gasteiger partial charge in [-0.25, -0.2) is 15.0 Å². The fourth-order valence-electron chi connectivity index (χ4n) is 6.41. The van der Waals surface area contributed by atoms with Gasteiger partial charge in [0.05, 0.1) is 0 Å². The molecule has 9 rings (SSSR count). The molecule has 0 atom stereocenters. The number of nitrogens with zero attached hydrogens (tertiary/aromatic N) is 3. The highest BCUT2D eigenvalue weighted by Crippen LogP contribution is 2.35. The molecule has 0 bridgehead atoms. The average molecular weight is 628 g/mol. The Bertz CT molecular complexity index is 2590. The number of hydrogen-bond acceptors (Lipinski definition) is 4. The van der Waals surface area contributed by atoms with E-state index < -0.39 is 0 Å².